The molecular weight excluding hydrogens is 233 g/mol. The minimum absolute atomic E-state index is 0.0181. The van der Waals surface area contributed by atoms with Crippen LogP contribution < -0.4 is 0 Å². The second-order valence-electron chi connectivity index (χ2n) is 3.28. The Morgan fingerprint density at radius 2 is 2.06 bits per heavy atom. The van der Waals surface area contributed by atoms with E-state index < -0.39 is 25.5 Å². The average Bonchev–Trinajstić information content (AvgIpc) is 2.45. The van der Waals surface area contributed by atoms with Crippen LogP contribution in [-0.4, -0.2) is 39.3 Å². The number of hydrogen-bond acceptors (Lipinski definition) is 4. The normalized spacial score (nSPS) is 25.8. The minimum Gasteiger partial charge on any atom is -0.373 e. The van der Waals surface area contributed by atoms with Crippen molar-refractivity contribution in [2.24, 2.45) is 0 Å². The van der Waals surface area contributed by atoms with E-state index in [1.54, 1.807) is 13.8 Å². The maximum absolute atomic E-state index is 13.0. The molecule has 0 bridgehead atoms. The molecule has 0 N–H and O–H groups in total. The zero-order chi connectivity index (χ0) is 12.2. The van der Waals surface area contributed by atoms with E-state index in [0.29, 0.717) is 0 Å². The fraction of sp³-hybridized carbons (Fsp3) is 0.778. The van der Waals surface area contributed by atoms with Crippen LogP contribution in [0.15, 0.2) is 11.9 Å². The van der Waals surface area contributed by atoms with Crippen molar-refractivity contribution in [2.45, 2.75) is 26.0 Å². The summed E-state index contributed by atoms with van der Waals surface area (Å²) in [6.07, 6.45) is 0.532. The topological polar surface area (TPSA) is 44.8 Å². The van der Waals surface area contributed by atoms with Crippen LogP contribution in [0.4, 0.5) is 4.39 Å². The fourth-order valence-corrected chi connectivity index (χ4v) is 3.12. The third kappa shape index (κ3) is 3.70. The molecule has 1 heterocycles. The second kappa shape index (κ2) is 5.96. The lowest BCUT2D eigenvalue weighted by Gasteiger charge is -2.20. The smallest absolute Gasteiger partial charge is 0.333 e. The van der Waals surface area contributed by atoms with Crippen LogP contribution in [-0.2, 0) is 18.3 Å². The first-order valence-electron chi connectivity index (χ1n) is 5.17. The molecule has 7 heteroatoms. The fourth-order valence-electron chi connectivity index (χ4n) is 1.42. The third-order valence-electron chi connectivity index (χ3n) is 1.99. The largest absolute Gasteiger partial charge is 0.373 e. The van der Waals surface area contributed by atoms with Crippen LogP contribution in [0, 0.1) is 0 Å². The van der Waals surface area contributed by atoms with Gasteiger partial charge in [-0.2, -0.15) is 0 Å². The third-order valence-corrected chi connectivity index (χ3v) is 4.10. The van der Waals surface area contributed by atoms with Crippen LogP contribution in [0.2, 0.25) is 0 Å². The molecule has 4 nitrogen and oxygen atoms in total. The van der Waals surface area contributed by atoms with Gasteiger partial charge in [-0.15, -0.1) is 0 Å². The van der Waals surface area contributed by atoms with Gasteiger partial charge in [0.25, 0.3) is 0 Å². The summed E-state index contributed by atoms with van der Waals surface area (Å²) in [7, 11) is 2.09. The Balaban J connectivity index is 2.60. The first kappa shape index (κ1) is 13.9. The Labute approximate surface area is 96.1 Å². The monoisotopic (exact) mass is 248 g/mol. The Kier molecular flexibility index (Phi) is 5.18. The predicted octanol–water partition coefficient (Wildman–Crippen LogP) is 2.00. The van der Waals surface area contributed by atoms with Crippen molar-refractivity contribution in [2.75, 3.05) is 19.4 Å². The van der Waals surface area contributed by atoms with Crippen molar-refractivity contribution >= 4 is 15.4 Å². The Hall–Kier alpha value is -0.155. The standard InChI is InChI=1S/C9H15BFO4P/c1-3-13-16(12,14-4-2)6-7-5-8(11)9(10)15-7/h5,7,9H,3-4,6H2,1-2H3. The van der Waals surface area contributed by atoms with Crippen molar-refractivity contribution < 1.29 is 22.7 Å². The molecule has 1 rings (SSSR count). The average molecular weight is 248 g/mol. The molecule has 0 aromatic heterocycles. The lowest BCUT2D eigenvalue weighted by Crippen LogP contribution is -2.18. The van der Waals surface area contributed by atoms with Crippen molar-refractivity contribution in [1.82, 2.24) is 0 Å². The van der Waals surface area contributed by atoms with Gasteiger partial charge < -0.3 is 13.8 Å². The van der Waals surface area contributed by atoms with Crippen LogP contribution in [0.3, 0.4) is 0 Å². The van der Waals surface area contributed by atoms with Crippen LogP contribution in [0.1, 0.15) is 13.8 Å². The summed E-state index contributed by atoms with van der Waals surface area (Å²) in [5, 5.41) is 0. The van der Waals surface area contributed by atoms with Crippen molar-refractivity contribution in [3.05, 3.63) is 11.9 Å². The molecule has 2 radical (unpaired) electrons. The number of halogens is 1. The van der Waals surface area contributed by atoms with Gasteiger partial charge in [-0.1, -0.05) is 0 Å². The molecular formula is C9H15BFO4P. The van der Waals surface area contributed by atoms with E-state index in [1.165, 1.54) is 6.08 Å². The molecule has 0 saturated heterocycles. The van der Waals surface area contributed by atoms with Gasteiger partial charge in [0.15, 0.2) is 0 Å². The molecule has 0 aromatic carbocycles. The van der Waals surface area contributed by atoms with Gasteiger partial charge in [0.2, 0.25) is 0 Å². The SMILES string of the molecule is [B]C1OC(CP(=O)(OCC)OCC)C=C1F. The summed E-state index contributed by atoms with van der Waals surface area (Å²) in [5.41, 5.74) is 0. The van der Waals surface area contributed by atoms with Gasteiger partial charge >= 0.3 is 7.60 Å². The quantitative estimate of drug-likeness (QED) is 0.532. The molecule has 2 unspecified atom stereocenters. The van der Waals surface area contributed by atoms with Gasteiger partial charge in [0.05, 0.1) is 31.5 Å². The van der Waals surface area contributed by atoms with Gasteiger partial charge in [-0.3, -0.25) is 4.57 Å². The van der Waals surface area contributed by atoms with Crippen LogP contribution in [0.25, 0.3) is 0 Å². The molecule has 90 valence electrons. The Morgan fingerprint density at radius 3 is 2.44 bits per heavy atom. The summed E-state index contributed by atoms with van der Waals surface area (Å²) >= 11 is 0. The highest BCUT2D eigenvalue weighted by atomic mass is 31.2. The minimum atomic E-state index is -3.21. The molecule has 0 amide bonds. The van der Waals surface area contributed by atoms with E-state index in [0.717, 1.165) is 0 Å². The Morgan fingerprint density at radius 1 is 1.50 bits per heavy atom. The number of ether oxygens (including phenoxy) is 1. The van der Waals surface area contributed by atoms with Gasteiger partial charge in [-0.05, 0) is 19.9 Å². The molecule has 1 aliphatic heterocycles. The first-order valence-corrected chi connectivity index (χ1v) is 6.90. The summed E-state index contributed by atoms with van der Waals surface area (Å²) in [6, 6.07) is -1.07. The highest BCUT2D eigenvalue weighted by Crippen LogP contribution is 2.49. The van der Waals surface area contributed by atoms with Crippen molar-refractivity contribution in [3.63, 3.8) is 0 Å². The summed E-state index contributed by atoms with van der Waals surface area (Å²) in [4.78, 5) is 0. The number of hydrogen-bond donors (Lipinski definition) is 0. The van der Waals surface area contributed by atoms with E-state index >= 15 is 0 Å². The van der Waals surface area contributed by atoms with E-state index in [1.807, 2.05) is 0 Å². The van der Waals surface area contributed by atoms with E-state index in [-0.39, 0.29) is 19.4 Å². The summed E-state index contributed by atoms with van der Waals surface area (Å²) < 4.78 is 40.2. The van der Waals surface area contributed by atoms with Crippen LogP contribution >= 0.6 is 7.60 Å². The molecule has 0 aliphatic carbocycles. The number of rotatable bonds is 6. The maximum atomic E-state index is 13.0. The second-order valence-corrected chi connectivity index (χ2v) is 5.38. The van der Waals surface area contributed by atoms with E-state index in [9.17, 15) is 8.96 Å². The summed E-state index contributed by atoms with van der Waals surface area (Å²) in [5.74, 6) is -0.551. The highest BCUT2D eigenvalue weighted by molar-refractivity contribution is 7.53. The Bertz CT molecular complexity index is 300. The molecule has 1 aliphatic rings. The zero-order valence-electron chi connectivity index (χ0n) is 9.39. The van der Waals surface area contributed by atoms with E-state index in [4.69, 9.17) is 21.6 Å². The van der Waals surface area contributed by atoms with Crippen molar-refractivity contribution in [1.29, 1.82) is 0 Å². The zero-order valence-corrected chi connectivity index (χ0v) is 10.3. The lowest BCUT2D eigenvalue weighted by atomic mass is 10.0. The predicted molar refractivity (Wildman–Crippen MR) is 59.3 cm³/mol. The first-order chi connectivity index (χ1) is 7.50. The summed E-state index contributed by atoms with van der Waals surface area (Å²) in [6.45, 7) is 3.96. The highest BCUT2D eigenvalue weighted by Gasteiger charge is 2.33. The van der Waals surface area contributed by atoms with Gasteiger partial charge in [-0.25, -0.2) is 4.39 Å². The molecule has 2 atom stereocenters. The van der Waals surface area contributed by atoms with E-state index in [2.05, 4.69) is 0 Å². The molecule has 0 fully saturated rings. The molecule has 0 spiro atoms. The maximum Gasteiger partial charge on any atom is 0.333 e. The lowest BCUT2D eigenvalue weighted by molar-refractivity contribution is 0.100. The molecule has 0 aromatic rings. The van der Waals surface area contributed by atoms with Gasteiger partial charge in [0, 0.05) is 0 Å². The van der Waals surface area contributed by atoms with Gasteiger partial charge in [0.1, 0.15) is 13.7 Å². The van der Waals surface area contributed by atoms with Crippen molar-refractivity contribution in [3.8, 4) is 0 Å². The molecule has 16 heavy (non-hydrogen) atoms. The molecule has 0 saturated carbocycles. The van der Waals surface area contributed by atoms with Crippen LogP contribution in [0.5, 0.6) is 0 Å².